The van der Waals surface area contributed by atoms with Gasteiger partial charge in [0.2, 0.25) is 0 Å². The molecule has 0 aliphatic rings. The van der Waals surface area contributed by atoms with Crippen LogP contribution in [0.3, 0.4) is 0 Å². The van der Waals surface area contributed by atoms with E-state index in [1.807, 2.05) is 0 Å². The zero-order chi connectivity index (χ0) is 19.1. The molecule has 0 unspecified atom stereocenters. The number of ether oxygens (including phenoxy) is 1. The first-order valence-electron chi connectivity index (χ1n) is 8.54. The van der Waals surface area contributed by atoms with E-state index in [1.165, 1.54) is 12.1 Å². The highest BCUT2D eigenvalue weighted by Crippen LogP contribution is 2.17. The maximum atomic E-state index is 12.9. The summed E-state index contributed by atoms with van der Waals surface area (Å²) in [6.45, 7) is 0.683. The predicted octanol–water partition coefficient (Wildman–Crippen LogP) is 4.14. The summed E-state index contributed by atoms with van der Waals surface area (Å²) in [6, 6.07) is 17.0. The van der Waals surface area contributed by atoms with Crippen LogP contribution in [0.25, 0.3) is 0 Å². The SMILES string of the molecule is COc1cccc(NC(=O)c2ccc(NCCc3ccc(F)cc3)cn2)c1. The molecule has 0 spiro atoms. The van der Waals surface area contributed by atoms with Crippen molar-refractivity contribution in [2.45, 2.75) is 6.42 Å². The van der Waals surface area contributed by atoms with Crippen LogP contribution in [-0.2, 0) is 6.42 Å². The van der Waals surface area contributed by atoms with Gasteiger partial charge in [0.1, 0.15) is 17.3 Å². The summed E-state index contributed by atoms with van der Waals surface area (Å²) in [5, 5.41) is 6.02. The number of halogens is 1. The quantitative estimate of drug-likeness (QED) is 0.661. The van der Waals surface area contributed by atoms with Crippen LogP contribution >= 0.6 is 0 Å². The Morgan fingerprint density at radius 1 is 1.07 bits per heavy atom. The number of hydrogen-bond acceptors (Lipinski definition) is 4. The highest BCUT2D eigenvalue weighted by Gasteiger charge is 2.08. The van der Waals surface area contributed by atoms with Crippen molar-refractivity contribution < 1.29 is 13.9 Å². The van der Waals surface area contributed by atoms with Crippen molar-refractivity contribution in [3.63, 3.8) is 0 Å². The molecule has 1 heterocycles. The average molecular weight is 365 g/mol. The maximum Gasteiger partial charge on any atom is 0.274 e. The van der Waals surface area contributed by atoms with Crippen molar-refractivity contribution in [1.82, 2.24) is 4.98 Å². The summed E-state index contributed by atoms with van der Waals surface area (Å²) in [7, 11) is 1.57. The molecule has 1 amide bonds. The Bertz CT molecular complexity index is 896. The van der Waals surface area contributed by atoms with Gasteiger partial charge in [0.05, 0.1) is 19.0 Å². The normalized spacial score (nSPS) is 10.3. The fourth-order valence-electron chi connectivity index (χ4n) is 2.53. The number of nitrogens with one attached hydrogen (secondary N) is 2. The Morgan fingerprint density at radius 3 is 2.59 bits per heavy atom. The average Bonchev–Trinajstić information content (AvgIpc) is 2.70. The van der Waals surface area contributed by atoms with Gasteiger partial charge in [0.15, 0.2) is 0 Å². The van der Waals surface area contributed by atoms with Crippen molar-refractivity contribution in [3.8, 4) is 5.75 Å². The van der Waals surface area contributed by atoms with Crippen LogP contribution in [0.15, 0.2) is 66.9 Å². The molecule has 0 saturated heterocycles. The van der Waals surface area contributed by atoms with Gasteiger partial charge in [-0.15, -0.1) is 0 Å². The molecule has 3 rings (SSSR count). The highest BCUT2D eigenvalue weighted by atomic mass is 19.1. The van der Waals surface area contributed by atoms with Crippen LogP contribution in [0.4, 0.5) is 15.8 Å². The Kier molecular flexibility index (Phi) is 5.99. The van der Waals surface area contributed by atoms with Gasteiger partial charge in [0.25, 0.3) is 5.91 Å². The van der Waals surface area contributed by atoms with E-state index in [0.717, 1.165) is 17.7 Å². The largest absolute Gasteiger partial charge is 0.497 e. The van der Waals surface area contributed by atoms with Crippen molar-refractivity contribution in [2.24, 2.45) is 0 Å². The van der Waals surface area contributed by atoms with Gasteiger partial charge in [-0.05, 0) is 48.4 Å². The molecule has 27 heavy (non-hydrogen) atoms. The van der Waals surface area contributed by atoms with Crippen LogP contribution in [0.5, 0.6) is 5.75 Å². The van der Waals surface area contributed by atoms with Crippen LogP contribution in [0.2, 0.25) is 0 Å². The molecule has 2 N–H and O–H groups in total. The smallest absolute Gasteiger partial charge is 0.274 e. The van der Waals surface area contributed by atoms with Gasteiger partial charge in [0, 0.05) is 18.3 Å². The predicted molar refractivity (Wildman–Crippen MR) is 104 cm³/mol. The molecule has 2 aromatic carbocycles. The summed E-state index contributed by atoms with van der Waals surface area (Å²) >= 11 is 0. The second-order valence-corrected chi connectivity index (χ2v) is 5.92. The fourth-order valence-corrected chi connectivity index (χ4v) is 2.53. The minimum absolute atomic E-state index is 0.237. The number of carbonyl (C=O) groups is 1. The molecular weight excluding hydrogens is 345 g/mol. The molecule has 0 fully saturated rings. The molecule has 138 valence electrons. The van der Waals surface area contributed by atoms with Gasteiger partial charge in [-0.1, -0.05) is 18.2 Å². The Hall–Kier alpha value is -3.41. The molecule has 1 aromatic heterocycles. The molecule has 0 aliphatic carbocycles. The standard InChI is InChI=1S/C21H20FN3O2/c1-27-19-4-2-3-17(13-19)25-21(26)20-10-9-18(14-24-20)23-12-11-15-5-7-16(22)8-6-15/h2-10,13-14,23H,11-12H2,1H3,(H,25,26). The number of methoxy groups -OCH3 is 1. The number of benzene rings is 2. The first kappa shape index (κ1) is 18.4. The maximum absolute atomic E-state index is 12.9. The summed E-state index contributed by atoms with van der Waals surface area (Å²) in [5.41, 5.74) is 2.82. The molecule has 6 heteroatoms. The molecule has 5 nitrogen and oxygen atoms in total. The lowest BCUT2D eigenvalue weighted by Crippen LogP contribution is -2.14. The molecule has 0 aliphatic heterocycles. The van der Waals surface area contributed by atoms with Crippen molar-refractivity contribution >= 4 is 17.3 Å². The summed E-state index contributed by atoms with van der Waals surface area (Å²) < 4.78 is 18.0. The topological polar surface area (TPSA) is 63.2 Å². The van der Waals surface area contributed by atoms with Gasteiger partial charge in [-0.25, -0.2) is 9.37 Å². The van der Waals surface area contributed by atoms with Crippen LogP contribution in [0, 0.1) is 5.82 Å². The number of hydrogen-bond donors (Lipinski definition) is 2. The second kappa shape index (κ2) is 8.80. The number of anilines is 2. The third kappa shape index (κ3) is 5.28. The zero-order valence-corrected chi connectivity index (χ0v) is 14.9. The monoisotopic (exact) mass is 365 g/mol. The lowest BCUT2D eigenvalue weighted by molar-refractivity contribution is 0.102. The highest BCUT2D eigenvalue weighted by molar-refractivity contribution is 6.03. The minimum Gasteiger partial charge on any atom is -0.497 e. The van der Waals surface area contributed by atoms with Gasteiger partial charge < -0.3 is 15.4 Å². The van der Waals surface area contributed by atoms with E-state index >= 15 is 0 Å². The van der Waals surface area contributed by atoms with Crippen LogP contribution in [-0.4, -0.2) is 24.5 Å². The van der Waals surface area contributed by atoms with E-state index in [4.69, 9.17) is 4.74 Å². The van der Waals surface area contributed by atoms with E-state index in [-0.39, 0.29) is 11.7 Å². The first-order chi connectivity index (χ1) is 13.1. The number of rotatable bonds is 7. The van der Waals surface area contributed by atoms with Gasteiger partial charge in [-0.3, -0.25) is 4.79 Å². The number of carbonyl (C=O) groups excluding carboxylic acids is 1. The van der Waals surface area contributed by atoms with E-state index in [1.54, 1.807) is 61.8 Å². The Labute approximate surface area is 157 Å². The number of aromatic nitrogens is 1. The third-order valence-electron chi connectivity index (χ3n) is 3.98. The molecule has 3 aromatic rings. The van der Waals surface area contributed by atoms with E-state index < -0.39 is 0 Å². The molecule has 0 bridgehead atoms. The number of nitrogens with zero attached hydrogens (tertiary/aromatic N) is 1. The van der Waals surface area contributed by atoms with Crippen LogP contribution < -0.4 is 15.4 Å². The zero-order valence-electron chi connectivity index (χ0n) is 14.9. The first-order valence-corrected chi connectivity index (χ1v) is 8.54. The lowest BCUT2D eigenvalue weighted by atomic mass is 10.1. The summed E-state index contributed by atoms with van der Waals surface area (Å²) in [6.07, 6.45) is 2.38. The number of amides is 1. The van der Waals surface area contributed by atoms with Crippen molar-refractivity contribution in [2.75, 3.05) is 24.3 Å². The lowest BCUT2D eigenvalue weighted by Gasteiger charge is -2.08. The minimum atomic E-state index is -0.291. The van der Waals surface area contributed by atoms with Gasteiger partial charge >= 0.3 is 0 Å². The molecular formula is C21H20FN3O2. The van der Waals surface area contributed by atoms with Crippen molar-refractivity contribution in [1.29, 1.82) is 0 Å². The molecule has 0 saturated carbocycles. The Morgan fingerprint density at radius 2 is 1.89 bits per heavy atom. The fraction of sp³-hybridized carbons (Fsp3) is 0.143. The third-order valence-corrected chi connectivity index (χ3v) is 3.98. The second-order valence-electron chi connectivity index (χ2n) is 5.92. The van der Waals surface area contributed by atoms with Gasteiger partial charge in [-0.2, -0.15) is 0 Å². The summed E-state index contributed by atoms with van der Waals surface area (Å²) in [5.74, 6) is 0.140. The van der Waals surface area contributed by atoms with E-state index in [0.29, 0.717) is 23.7 Å². The number of pyridine rings is 1. The van der Waals surface area contributed by atoms with E-state index in [9.17, 15) is 9.18 Å². The van der Waals surface area contributed by atoms with Crippen LogP contribution in [0.1, 0.15) is 16.1 Å². The summed E-state index contributed by atoms with van der Waals surface area (Å²) in [4.78, 5) is 16.5. The van der Waals surface area contributed by atoms with Crippen molar-refractivity contribution in [3.05, 3.63) is 83.9 Å². The molecule has 0 atom stereocenters. The molecule has 0 radical (unpaired) electrons. The van der Waals surface area contributed by atoms with E-state index in [2.05, 4.69) is 15.6 Å². The Balaban J connectivity index is 1.53.